The SMILES string of the molecule is OOC12CCCN1CCC2. The van der Waals surface area contributed by atoms with Gasteiger partial charge in [0.15, 0.2) is 5.72 Å². The molecule has 0 aromatic heterocycles. The quantitative estimate of drug-likeness (QED) is 0.440. The van der Waals surface area contributed by atoms with Crippen molar-refractivity contribution in [1.82, 2.24) is 4.90 Å². The van der Waals surface area contributed by atoms with Crippen molar-refractivity contribution >= 4 is 0 Å². The number of fused-ring (bicyclic) bond motifs is 1. The highest BCUT2D eigenvalue weighted by molar-refractivity contribution is 4.91. The van der Waals surface area contributed by atoms with Gasteiger partial charge in [0, 0.05) is 13.1 Å². The molecule has 0 saturated carbocycles. The summed E-state index contributed by atoms with van der Waals surface area (Å²) in [6.45, 7) is 2.20. The molecule has 2 saturated heterocycles. The van der Waals surface area contributed by atoms with Gasteiger partial charge in [0.05, 0.1) is 0 Å². The smallest absolute Gasteiger partial charge is 0.156 e. The fourth-order valence-corrected chi connectivity index (χ4v) is 2.20. The molecule has 10 heavy (non-hydrogen) atoms. The molecule has 0 spiro atoms. The van der Waals surface area contributed by atoms with Gasteiger partial charge in [-0.3, -0.25) is 4.90 Å². The fraction of sp³-hybridized carbons (Fsp3) is 1.00. The molecule has 2 rings (SSSR count). The second kappa shape index (κ2) is 2.19. The summed E-state index contributed by atoms with van der Waals surface area (Å²) in [6.07, 6.45) is 4.34. The lowest BCUT2D eigenvalue weighted by atomic mass is 10.1. The molecule has 3 heteroatoms. The molecule has 3 nitrogen and oxygen atoms in total. The van der Waals surface area contributed by atoms with E-state index in [-0.39, 0.29) is 5.72 Å². The Kier molecular flexibility index (Phi) is 1.44. The standard InChI is InChI=1S/C7H13NO2/c9-10-7-3-1-5-8(7)6-2-4-7/h9H,1-6H2. The van der Waals surface area contributed by atoms with Crippen LogP contribution in [0.25, 0.3) is 0 Å². The molecule has 0 amide bonds. The lowest BCUT2D eigenvalue weighted by Gasteiger charge is -2.27. The van der Waals surface area contributed by atoms with Crippen LogP contribution in [0, 0.1) is 0 Å². The van der Waals surface area contributed by atoms with Crippen LogP contribution in [-0.4, -0.2) is 29.0 Å². The van der Waals surface area contributed by atoms with Crippen LogP contribution in [0.15, 0.2) is 0 Å². The maximum Gasteiger partial charge on any atom is 0.156 e. The Morgan fingerprint density at radius 3 is 2.20 bits per heavy atom. The molecule has 0 aromatic carbocycles. The zero-order chi connectivity index (χ0) is 7.03. The molecule has 0 unspecified atom stereocenters. The van der Waals surface area contributed by atoms with E-state index in [1.807, 2.05) is 0 Å². The highest BCUT2D eigenvalue weighted by Gasteiger charge is 2.45. The third-order valence-corrected chi connectivity index (χ3v) is 2.74. The van der Waals surface area contributed by atoms with E-state index in [0.717, 1.165) is 25.9 Å². The Labute approximate surface area is 60.5 Å². The Morgan fingerprint density at radius 2 is 1.80 bits per heavy atom. The second-order valence-corrected chi connectivity index (χ2v) is 3.23. The lowest BCUT2D eigenvalue weighted by Crippen LogP contribution is -2.39. The average Bonchev–Trinajstić information content (AvgIpc) is 2.42. The largest absolute Gasteiger partial charge is 0.273 e. The van der Waals surface area contributed by atoms with Crippen molar-refractivity contribution in [3.63, 3.8) is 0 Å². The summed E-state index contributed by atoms with van der Waals surface area (Å²) in [7, 11) is 0. The Hall–Kier alpha value is -0.120. The maximum absolute atomic E-state index is 8.69. The van der Waals surface area contributed by atoms with E-state index in [4.69, 9.17) is 5.26 Å². The van der Waals surface area contributed by atoms with Crippen LogP contribution in [-0.2, 0) is 4.89 Å². The topological polar surface area (TPSA) is 32.7 Å². The predicted molar refractivity (Wildman–Crippen MR) is 36.5 cm³/mol. The fourth-order valence-electron chi connectivity index (χ4n) is 2.20. The van der Waals surface area contributed by atoms with Gasteiger partial charge in [-0.05, 0) is 25.7 Å². The van der Waals surface area contributed by atoms with Crippen LogP contribution in [0.4, 0.5) is 0 Å². The first-order chi connectivity index (χ1) is 4.87. The summed E-state index contributed by atoms with van der Waals surface area (Å²) in [5.74, 6) is 0. The molecule has 0 aliphatic carbocycles. The Morgan fingerprint density at radius 1 is 1.20 bits per heavy atom. The molecule has 2 aliphatic heterocycles. The second-order valence-electron chi connectivity index (χ2n) is 3.23. The normalized spacial score (nSPS) is 30.9. The van der Waals surface area contributed by atoms with Crippen LogP contribution >= 0.6 is 0 Å². The third kappa shape index (κ3) is 0.713. The molecule has 2 fully saturated rings. The van der Waals surface area contributed by atoms with E-state index in [1.54, 1.807) is 0 Å². The lowest BCUT2D eigenvalue weighted by molar-refractivity contribution is -0.350. The van der Waals surface area contributed by atoms with Crippen molar-refractivity contribution in [2.24, 2.45) is 0 Å². The molecule has 2 heterocycles. The summed E-state index contributed by atoms with van der Waals surface area (Å²) < 4.78 is 0. The molecular weight excluding hydrogens is 130 g/mol. The molecule has 1 N–H and O–H groups in total. The minimum atomic E-state index is -0.264. The predicted octanol–water partition coefficient (Wildman–Crippen LogP) is 1.06. The highest BCUT2D eigenvalue weighted by atomic mass is 17.1. The van der Waals surface area contributed by atoms with Gasteiger partial charge in [-0.25, -0.2) is 10.1 Å². The van der Waals surface area contributed by atoms with Crippen LogP contribution in [0.3, 0.4) is 0 Å². The summed E-state index contributed by atoms with van der Waals surface area (Å²) >= 11 is 0. The van der Waals surface area contributed by atoms with Gasteiger partial charge in [0.1, 0.15) is 0 Å². The van der Waals surface area contributed by atoms with Gasteiger partial charge < -0.3 is 0 Å². The van der Waals surface area contributed by atoms with Gasteiger partial charge in [0.25, 0.3) is 0 Å². The van der Waals surface area contributed by atoms with Crippen molar-refractivity contribution in [2.75, 3.05) is 13.1 Å². The first-order valence-electron chi connectivity index (χ1n) is 3.95. The molecular formula is C7H13NO2. The van der Waals surface area contributed by atoms with E-state index in [9.17, 15) is 0 Å². The zero-order valence-corrected chi connectivity index (χ0v) is 6.05. The van der Waals surface area contributed by atoms with Crippen molar-refractivity contribution in [1.29, 1.82) is 0 Å². The summed E-state index contributed by atoms with van der Waals surface area (Å²) in [4.78, 5) is 6.79. The van der Waals surface area contributed by atoms with Crippen molar-refractivity contribution in [3.05, 3.63) is 0 Å². The molecule has 0 bridgehead atoms. The van der Waals surface area contributed by atoms with Gasteiger partial charge in [-0.1, -0.05) is 0 Å². The van der Waals surface area contributed by atoms with Crippen LogP contribution < -0.4 is 0 Å². The number of hydrogen-bond acceptors (Lipinski definition) is 3. The monoisotopic (exact) mass is 143 g/mol. The molecule has 0 aromatic rings. The Balaban J connectivity index is 2.15. The zero-order valence-electron chi connectivity index (χ0n) is 6.05. The highest BCUT2D eigenvalue weighted by Crippen LogP contribution is 2.38. The van der Waals surface area contributed by atoms with Gasteiger partial charge >= 0.3 is 0 Å². The molecule has 0 atom stereocenters. The number of rotatable bonds is 1. The van der Waals surface area contributed by atoms with Crippen molar-refractivity contribution < 1.29 is 10.1 Å². The number of nitrogens with zero attached hydrogens (tertiary/aromatic N) is 1. The van der Waals surface area contributed by atoms with Gasteiger partial charge in [-0.15, -0.1) is 0 Å². The minimum Gasteiger partial charge on any atom is -0.273 e. The van der Waals surface area contributed by atoms with Crippen LogP contribution in [0.2, 0.25) is 0 Å². The Bertz CT molecular complexity index is 128. The van der Waals surface area contributed by atoms with Crippen molar-refractivity contribution in [3.8, 4) is 0 Å². The van der Waals surface area contributed by atoms with E-state index in [1.165, 1.54) is 12.8 Å². The summed E-state index contributed by atoms with van der Waals surface area (Å²) in [6, 6.07) is 0. The van der Waals surface area contributed by atoms with E-state index >= 15 is 0 Å². The van der Waals surface area contributed by atoms with E-state index in [2.05, 4.69) is 9.79 Å². The van der Waals surface area contributed by atoms with E-state index < -0.39 is 0 Å². The molecule has 2 aliphatic rings. The summed E-state index contributed by atoms with van der Waals surface area (Å²) in [5.41, 5.74) is -0.264. The first-order valence-corrected chi connectivity index (χ1v) is 3.95. The van der Waals surface area contributed by atoms with Gasteiger partial charge in [0.2, 0.25) is 0 Å². The van der Waals surface area contributed by atoms with E-state index in [0.29, 0.717) is 0 Å². The third-order valence-electron chi connectivity index (χ3n) is 2.74. The van der Waals surface area contributed by atoms with Crippen LogP contribution in [0.1, 0.15) is 25.7 Å². The van der Waals surface area contributed by atoms with Gasteiger partial charge in [-0.2, -0.15) is 0 Å². The van der Waals surface area contributed by atoms with Crippen molar-refractivity contribution in [2.45, 2.75) is 31.4 Å². The average molecular weight is 143 g/mol. The minimum absolute atomic E-state index is 0.264. The molecule has 0 radical (unpaired) electrons. The number of hydrogen-bond donors (Lipinski definition) is 1. The first kappa shape index (κ1) is 6.58. The maximum atomic E-state index is 8.69. The summed E-state index contributed by atoms with van der Waals surface area (Å²) in [5, 5.41) is 8.69. The van der Waals surface area contributed by atoms with Crippen LogP contribution in [0.5, 0.6) is 0 Å². The molecule has 58 valence electrons.